The molecule has 3 aromatic carbocycles. The average molecular weight is 675 g/mol. The number of nitrogens with one attached hydrogen (secondary N) is 1. The zero-order valence-electron chi connectivity index (χ0n) is 24.3. The maximum Gasteiger partial charge on any atom is 0.435 e. The summed E-state index contributed by atoms with van der Waals surface area (Å²) in [5.41, 5.74) is 0.944. The zero-order chi connectivity index (χ0) is 33.3. The van der Waals surface area contributed by atoms with E-state index in [1.807, 2.05) is 11.6 Å². The fourth-order valence-corrected chi connectivity index (χ4v) is 5.32. The molecule has 1 N–H and O–H groups in total. The minimum atomic E-state index is -4.70. The maximum atomic E-state index is 13.5. The number of hydrogen-bond donors (Lipinski definition) is 1. The molecule has 1 amide bonds. The molecule has 0 unspecified atom stereocenters. The van der Waals surface area contributed by atoms with Gasteiger partial charge in [0.05, 0.1) is 39.9 Å². The molecule has 0 atom stereocenters. The molecule has 14 nitrogen and oxygen atoms in total. The Morgan fingerprint density at radius 2 is 1.68 bits per heavy atom. The van der Waals surface area contributed by atoms with Crippen molar-refractivity contribution in [1.82, 2.24) is 24.5 Å². The Kier molecular flexibility index (Phi) is 8.18. The lowest BCUT2D eigenvalue weighted by Gasteiger charge is -2.34. The van der Waals surface area contributed by atoms with Crippen LogP contribution in [-0.2, 0) is 25.7 Å². The summed E-state index contributed by atoms with van der Waals surface area (Å²) in [7, 11) is -4.39. The summed E-state index contributed by atoms with van der Waals surface area (Å²) in [6.07, 6.45) is -6.61. The van der Waals surface area contributed by atoms with Crippen molar-refractivity contribution in [3.8, 4) is 16.9 Å². The lowest BCUT2D eigenvalue weighted by molar-refractivity contribution is -0.141. The van der Waals surface area contributed by atoms with E-state index >= 15 is 0 Å². The SMILES string of the molecule is Cc1ccc(-c2cc(C(F)(F)F)nn2-c2ccc(S(=O)(=O)NC(=O)OC3CN(n4on4OCOC(=O)c4ccccc4)C3)cc2)cc1. The summed E-state index contributed by atoms with van der Waals surface area (Å²) < 4.78 is 84.2. The summed E-state index contributed by atoms with van der Waals surface area (Å²) in [5.74, 6) is -0.585. The topological polar surface area (TPSA) is 152 Å². The van der Waals surface area contributed by atoms with E-state index in [2.05, 4.69) is 5.10 Å². The monoisotopic (exact) mass is 674 g/mol. The molecule has 0 radical (unpaired) electrons. The van der Waals surface area contributed by atoms with E-state index in [1.54, 1.807) is 59.6 Å². The van der Waals surface area contributed by atoms with E-state index in [4.69, 9.17) is 18.9 Å². The molecule has 2 aromatic heterocycles. The van der Waals surface area contributed by atoms with Crippen molar-refractivity contribution in [2.45, 2.75) is 24.1 Å². The summed E-state index contributed by atoms with van der Waals surface area (Å²) in [6.45, 7) is 1.69. The molecule has 5 aromatic rings. The van der Waals surface area contributed by atoms with Crippen LogP contribution in [0.4, 0.5) is 18.0 Å². The Morgan fingerprint density at radius 1 is 1.00 bits per heavy atom. The summed E-state index contributed by atoms with van der Waals surface area (Å²) in [4.78, 5) is 30.2. The fourth-order valence-electron chi connectivity index (χ4n) is 4.44. The molecule has 246 valence electrons. The molecular weight excluding hydrogens is 649 g/mol. The highest BCUT2D eigenvalue weighted by atomic mass is 32.2. The van der Waals surface area contributed by atoms with Crippen LogP contribution in [0, 0.1) is 6.92 Å². The molecule has 6 rings (SSSR count). The van der Waals surface area contributed by atoms with Gasteiger partial charge in [0.15, 0.2) is 5.69 Å². The van der Waals surface area contributed by atoms with Crippen LogP contribution in [0.1, 0.15) is 21.6 Å². The number of esters is 1. The van der Waals surface area contributed by atoms with Crippen LogP contribution in [-0.4, -0.2) is 66.2 Å². The first-order valence-corrected chi connectivity index (χ1v) is 15.3. The lowest BCUT2D eigenvalue weighted by Crippen LogP contribution is -2.58. The summed E-state index contributed by atoms with van der Waals surface area (Å²) in [5, 5.41) is 6.19. The third-order valence-electron chi connectivity index (χ3n) is 6.92. The number of sulfonamides is 1. The Bertz CT molecular complexity index is 1970. The number of rotatable bonds is 10. The number of aromatic nitrogens is 4. The minimum absolute atomic E-state index is 0.138. The van der Waals surface area contributed by atoms with E-state index in [0.717, 1.165) is 33.5 Å². The third-order valence-corrected chi connectivity index (χ3v) is 8.25. The number of benzene rings is 3. The van der Waals surface area contributed by atoms with Gasteiger partial charge < -0.3 is 14.3 Å². The normalized spacial score (nSPS) is 13.7. The van der Waals surface area contributed by atoms with Crippen molar-refractivity contribution in [2.24, 2.45) is 0 Å². The lowest BCUT2D eigenvalue weighted by atomic mass is 10.1. The number of carbonyl (C=O) groups excluding carboxylic acids is 2. The molecule has 47 heavy (non-hydrogen) atoms. The average Bonchev–Trinajstić information content (AvgIpc) is 3.62. The second kappa shape index (κ2) is 12.3. The Labute approximate surface area is 264 Å². The minimum Gasteiger partial charge on any atom is -0.442 e. The zero-order valence-corrected chi connectivity index (χ0v) is 25.1. The standard InChI is InChI=1S/C29H25F3N6O8S/c1-19-7-9-20(10-8-19)25-15-26(29(30,31)32)33-36(25)22-11-13-24(14-12-22)47(41,42)34-28(40)45-23-16-35(17-23)37-38(46-37)44-18-43-27(39)21-5-3-2-4-6-21/h2-15,23H,16-18H2,1H3,(H,34,40). The van der Waals surface area contributed by atoms with Gasteiger partial charge in [0.1, 0.15) is 11.1 Å². The number of amides is 1. The molecular formula is C29H25F3N6O8S. The van der Waals surface area contributed by atoms with Gasteiger partial charge >= 0.3 is 18.2 Å². The smallest absolute Gasteiger partial charge is 0.435 e. The quantitative estimate of drug-likeness (QED) is 0.171. The van der Waals surface area contributed by atoms with E-state index in [9.17, 15) is 31.2 Å². The Balaban J connectivity index is 1.01. The van der Waals surface area contributed by atoms with Crippen molar-refractivity contribution in [1.29, 1.82) is 0 Å². The number of ether oxygens (including phenoxy) is 2. The van der Waals surface area contributed by atoms with Gasteiger partial charge in [0.2, 0.25) is 0 Å². The highest BCUT2D eigenvalue weighted by Crippen LogP contribution is 2.33. The summed E-state index contributed by atoms with van der Waals surface area (Å²) in [6, 6.07) is 20.8. The van der Waals surface area contributed by atoms with Crippen molar-refractivity contribution in [3.63, 3.8) is 0 Å². The van der Waals surface area contributed by atoms with Gasteiger partial charge in [0, 0.05) is 5.56 Å². The highest BCUT2D eigenvalue weighted by molar-refractivity contribution is 7.90. The highest BCUT2D eigenvalue weighted by Gasteiger charge is 2.38. The van der Waals surface area contributed by atoms with Crippen LogP contribution in [0.5, 0.6) is 0 Å². The van der Waals surface area contributed by atoms with Crippen LogP contribution in [0.2, 0.25) is 0 Å². The number of aryl methyl sites for hydroxylation is 1. The number of hydrogen-bond acceptors (Lipinski definition) is 10. The van der Waals surface area contributed by atoms with Crippen LogP contribution >= 0.6 is 0 Å². The molecule has 1 aliphatic heterocycles. The molecule has 0 bridgehead atoms. The number of nitrogens with zero attached hydrogens (tertiary/aromatic N) is 5. The van der Waals surface area contributed by atoms with Gasteiger partial charge in [-0.3, -0.25) is 5.01 Å². The largest absolute Gasteiger partial charge is 0.442 e. The second-order valence-electron chi connectivity index (χ2n) is 10.3. The molecule has 0 saturated carbocycles. The summed E-state index contributed by atoms with van der Waals surface area (Å²) >= 11 is 0. The van der Waals surface area contributed by atoms with Gasteiger partial charge in [-0.05, 0) is 49.4 Å². The molecule has 1 aliphatic rings. The van der Waals surface area contributed by atoms with Crippen LogP contribution in [0.15, 0.2) is 94.5 Å². The van der Waals surface area contributed by atoms with E-state index < -0.39 is 46.9 Å². The van der Waals surface area contributed by atoms with Crippen LogP contribution in [0.25, 0.3) is 16.9 Å². The molecule has 1 saturated heterocycles. The van der Waals surface area contributed by atoms with E-state index in [0.29, 0.717) is 11.1 Å². The van der Waals surface area contributed by atoms with E-state index in [-0.39, 0.29) is 29.4 Å². The van der Waals surface area contributed by atoms with Crippen LogP contribution < -0.4 is 14.6 Å². The maximum absolute atomic E-state index is 13.5. The van der Waals surface area contributed by atoms with Crippen molar-refractivity contribution >= 4 is 22.1 Å². The second-order valence-corrected chi connectivity index (χ2v) is 12.0. The first-order valence-electron chi connectivity index (χ1n) is 13.8. The van der Waals surface area contributed by atoms with Crippen LogP contribution in [0.3, 0.4) is 0 Å². The van der Waals surface area contributed by atoms with Gasteiger partial charge in [-0.25, -0.2) is 27.4 Å². The van der Waals surface area contributed by atoms with Crippen molar-refractivity contribution < 1.29 is 50.1 Å². The molecule has 1 fully saturated rings. The fraction of sp³-hybridized carbons (Fsp3) is 0.207. The number of alkyl halides is 3. The van der Waals surface area contributed by atoms with E-state index in [1.165, 1.54) is 17.1 Å². The van der Waals surface area contributed by atoms with Crippen molar-refractivity contribution in [2.75, 3.05) is 24.9 Å². The molecule has 3 heterocycles. The van der Waals surface area contributed by atoms with Gasteiger partial charge in [0.25, 0.3) is 16.8 Å². The molecule has 0 spiro atoms. The van der Waals surface area contributed by atoms with Gasteiger partial charge in [-0.15, -0.1) is 0 Å². The predicted octanol–water partition coefficient (Wildman–Crippen LogP) is 3.74. The predicted molar refractivity (Wildman–Crippen MR) is 155 cm³/mol. The van der Waals surface area contributed by atoms with Crippen molar-refractivity contribution in [3.05, 3.63) is 102 Å². The third kappa shape index (κ3) is 7.11. The Morgan fingerprint density at radius 3 is 2.34 bits per heavy atom. The number of halogens is 3. The first-order chi connectivity index (χ1) is 22.4. The molecule has 18 heteroatoms. The van der Waals surface area contributed by atoms with Gasteiger partial charge in [-0.1, -0.05) is 48.0 Å². The Hall–Kier alpha value is -5.65. The molecule has 0 aliphatic carbocycles. The van der Waals surface area contributed by atoms with Gasteiger partial charge in [-0.2, -0.15) is 22.9 Å². The number of carbonyl (C=O) groups is 2. The first kappa shape index (κ1) is 31.3.